The van der Waals surface area contributed by atoms with E-state index < -0.39 is 0 Å². The highest BCUT2D eigenvalue weighted by molar-refractivity contribution is 7.07. The van der Waals surface area contributed by atoms with Crippen LogP contribution in [0.25, 0.3) is 0 Å². The predicted molar refractivity (Wildman–Crippen MR) is 74.2 cm³/mol. The molecule has 16 heavy (non-hydrogen) atoms. The van der Waals surface area contributed by atoms with Gasteiger partial charge in [0.2, 0.25) is 0 Å². The topological polar surface area (TPSA) is 12.0 Å². The van der Waals surface area contributed by atoms with E-state index in [1.165, 1.54) is 24.8 Å². The van der Waals surface area contributed by atoms with Crippen molar-refractivity contribution in [3.05, 3.63) is 22.4 Å². The number of rotatable bonds is 6. The molecule has 1 aromatic heterocycles. The van der Waals surface area contributed by atoms with E-state index >= 15 is 0 Å². The zero-order valence-electron chi connectivity index (χ0n) is 11.0. The van der Waals surface area contributed by atoms with Crippen molar-refractivity contribution in [1.29, 1.82) is 0 Å². The van der Waals surface area contributed by atoms with Gasteiger partial charge < -0.3 is 5.32 Å². The zero-order chi connectivity index (χ0) is 12.0. The van der Waals surface area contributed by atoms with Gasteiger partial charge in [-0.1, -0.05) is 27.7 Å². The lowest BCUT2D eigenvalue weighted by atomic mass is 9.83. The molecule has 1 atom stereocenters. The van der Waals surface area contributed by atoms with Gasteiger partial charge in [0.25, 0.3) is 0 Å². The van der Waals surface area contributed by atoms with Gasteiger partial charge >= 0.3 is 0 Å². The Kier molecular flexibility index (Phi) is 5.50. The summed E-state index contributed by atoms with van der Waals surface area (Å²) in [5.74, 6) is 0. The van der Waals surface area contributed by atoms with E-state index in [9.17, 15) is 0 Å². The number of aryl methyl sites for hydroxylation is 1. The molecule has 1 rings (SSSR count). The Balaban J connectivity index is 2.44. The van der Waals surface area contributed by atoms with E-state index in [0.29, 0.717) is 11.5 Å². The molecule has 2 heteroatoms. The fourth-order valence-corrected chi connectivity index (χ4v) is 2.61. The van der Waals surface area contributed by atoms with Gasteiger partial charge in [0.15, 0.2) is 0 Å². The summed E-state index contributed by atoms with van der Waals surface area (Å²) in [5.41, 5.74) is 1.84. The van der Waals surface area contributed by atoms with Crippen LogP contribution in [0.4, 0.5) is 0 Å². The van der Waals surface area contributed by atoms with Crippen LogP contribution >= 0.6 is 11.3 Å². The second kappa shape index (κ2) is 6.41. The van der Waals surface area contributed by atoms with Crippen LogP contribution < -0.4 is 5.32 Å². The van der Waals surface area contributed by atoms with E-state index in [-0.39, 0.29) is 0 Å². The first-order valence-electron chi connectivity index (χ1n) is 6.28. The highest BCUT2D eigenvalue weighted by Gasteiger charge is 2.23. The fraction of sp³-hybridized carbons (Fsp3) is 0.714. The minimum atomic E-state index is 0.352. The average molecular weight is 239 g/mol. The fourth-order valence-electron chi connectivity index (χ4n) is 1.91. The normalized spacial score (nSPS) is 14.0. The molecule has 1 nitrogen and oxygen atoms in total. The molecule has 0 fully saturated rings. The SMILES string of the molecule is CCCNC(CCc1ccsc1)C(C)(C)C. The third kappa shape index (κ3) is 4.67. The summed E-state index contributed by atoms with van der Waals surface area (Å²) in [7, 11) is 0. The summed E-state index contributed by atoms with van der Waals surface area (Å²) in [4.78, 5) is 0. The van der Waals surface area contributed by atoms with Crippen molar-refractivity contribution >= 4 is 11.3 Å². The third-order valence-corrected chi connectivity index (χ3v) is 3.72. The molecule has 0 radical (unpaired) electrons. The van der Waals surface area contributed by atoms with Crippen LogP contribution in [-0.2, 0) is 6.42 Å². The van der Waals surface area contributed by atoms with Gasteiger partial charge in [-0.2, -0.15) is 11.3 Å². The summed E-state index contributed by atoms with van der Waals surface area (Å²) in [6.45, 7) is 10.3. The van der Waals surface area contributed by atoms with Crippen LogP contribution in [-0.4, -0.2) is 12.6 Å². The number of hydrogen-bond acceptors (Lipinski definition) is 2. The van der Waals surface area contributed by atoms with Crippen LogP contribution in [0, 0.1) is 5.41 Å². The maximum atomic E-state index is 3.68. The van der Waals surface area contributed by atoms with Crippen molar-refractivity contribution in [3.63, 3.8) is 0 Å². The monoisotopic (exact) mass is 239 g/mol. The molecule has 92 valence electrons. The van der Waals surface area contributed by atoms with Gasteiger partial charge in [-0.3, -0.25) is 0 Å². The van der Waals surface area contributed by atoms with E-state index in [1.807, 2.05) is 0 Å². The highest BCUT2D eigenvalue weighted by Crippen LogP contribution is 2.23. The van der Waals surface area contributed by atoms with Crippen molar-refractivity contribution in [2.45, 2.75) is 53.0 Å². The second-order valence-corrected chi connectivity index (χ2v) is 6.32. The molecule has 0 aliphatic carbocycles. The molecular weight excluding hydrogens is 214 g/mol. The number of nitrogens with one attached hydrogen (secondary N) is 1. The Morgan fingerprint density at radius 3 is 2.62 bits per heavy atom. The minimum Gasteiger partial charge on any atom is -0.313 e. The molecule has 0 aliphatic rings. The van der Waals surface area contributed by atoms with Crippen LogP contribution in [0.3, 0.4) is 0 Å². The standard InChI is InChI=1S/C14H25NS/c1-5-9-15-13(14(2,3)4)7-6-12-8-10-16-11-12/h8,10-11,13,15H,5-7,9H2,1-4H3. The molecule has 0 spiro atoms. The number of hydrogen-bond donors (Lipinski definition) is 1. The van der Waals surface area contributed by atoms with Gasteiger partial charge in [-0.05, 0) is 53.6 Å². The Hall–Kier alpha value is -0.340. The summed E-state index contributed by atoms with van der Waals surface area (Å²) < 4.78 is 0. The molecule has 0 saturated carbocycles. The quantitative estimate of drug-likeness (QED) is 0.788. The lowest BCUT2D eigenvalue weighted by molar-refractivity contribution is 0.255. The number of thiophene rings is 1. The Morgan fingerprint density at radius 1 is 1.38 bits per heavy atom. The second-order valence-electron chi connectivity index (χ2n) is 5.54. The van der Waals surface area contributed by atoms with E-state index in [4.69, 9.17) is 0 Å². The Labute approximate surface area is 104 Å². The first kappa shape index (κ1) is 13.7. The van der Waals surface area contributed by atoms with Gasteiger partial charge in [0, 0.05) is 6.04 Å². The van der Waals surface area contributed by atoms with Gasteiger partial charge in [0.05, 0.1) is 0 Å². The molecule has 1 heterocycles. The summed E-state index contributed by atoms with van der Waals surface area (Å²) in [5, 5.41) is 8.11. The zero-order valence-corrected chi connectivity index (χ0v) is 11.9. The predicted octanol–water partition coefficient (Wildman–Crippen LogP) is 4.10. The maximum absolute atomic E-state index is 3.68. The molecule has 0 aliphatic heterocycles. The molecule has 1 N–H and O–H groups in total. The van der Waals surface area contributed by atoms with Crippen LogP contribution in [0.2, 0.25) is 0 Å². The van der Waals surface area contributed by atoms with Crippen LogP contribution in [0.1, 0.15) is 46.1 Å². The van der Waals surface area contributed by atoms with Crippen molar-refractivity contribution < 1.29 is 0 Å². The maximum Gasteiger partial charge on any atom is 0.0119 e. The summed E-state index contributed by atoms with van der Waals surface area (Å²) in [6, 6.07) is 2.86. The first-order valence-corrected chi connectivity index (χ1v) is 7.22. The molecule has 0 amide bonds. The van der Waals surface area contributed by atoms with Crippen molar-refractivity contribution in [3.8, 4) is 0 Å². The largest absolute Gasteiger partial charge is 0.313 e. The van der Waals surface area contributed by atoms with E-state index in [0.717, 1.165) is 6.54 Å². The van der Waals surface area contributed by atoms with Gasteiger partial charge in [-0.25, -0.2) is 0 Å². The average Bonchev–Trinajstić information content (AvgIpc) is 2.68. The van der Waals surface area contributed by atoms with Gasteiger partial charge in [-0.15, -0.1) is 0 Å². The van der Waals surface area contributed by atoms with Crippen molar-refractivity contribution in [2.24, 2.45) is 5.41 Å². The van der Waals surface area contributed by atoms with Gasteiger partial charge in [0.1, 0.15) is 0 Å². The van der Waals surface area contributed by atoms with Crippen molar-refractivity contribution in [1.82, 2.24) is 5.32 Å². The summed E-state index contributed by atoms with van der Waals surface area (Å²) in [6.07, 6.45) is 3.65. The van der Waals surface area contributed by atoms with Crippen molar-refractivity contribution in [2.75, 3.05) is 6.54 Å². The molecule has 1 aromatic rings. The van der Waals surface area contributed by atoms with Crippen LogP contribution in [0.15, 0.2) is 16.8 Å². The molecule has 0 bridgehead atoms. The first-order chi connectivity index (χ1) is 7.54. The lowest BCUT2D eigenvalue weighted by Gasteiger charge is -2.31. The third-order valence-electron chi connectivity index (χ3n) is 2.99. The molecule has 0 saturated heterocycles. The smallest absolute Gasteiger partial charge is 0.0119 e. The highest BCUT2D eigenvalue weighted by atomic mass is 32.1. The molecular formula is C14H25NS. The van der Waals surface area contributed by atoms with Crippen LogP contribution in [0.5, 0.6) is 0 Å². The van der Waals surface area contributed by atoms with E-state index in [2.05, 4.69) is 49.8 Å². The Morgan fingerprint density at radius 2 is 2.12 bits per heavy atom. The molecule has 0 aromatic carbocycles. The lowest BCUT2D eigenvalue weighted by Crippen LogP contribution is -2.41. The molecule has 1 unspecified atom stereocenters. The Bertz CT molecular complexity index is 271. The summed E-state index contributed by atoms with van der Waals surface area (Å²) >= 11 is 1.80. The minimum absolute atomic E-state index is 0.352. The van der Waals surface area contributed by atoms with E-state index in [1.54, 1.807) is 11.3 Å².